The molecule has 0 unspecified atom stereocenters. The first kappa shape index (κ1) is 16.8. The van der Waals surface area contributed by atoms with Crippen molar-refractivity contribution in [1.82, 2.24) is 5.32 Å². The van der Waals surface area contributed by atoms with Crippen molar-refractivity contribution in [1.29, 1.82) is 5.26 Å². The maximum absolute atomic E-state index is 11.9. The maximum Gasteiger partial charge on any atom is 0.261 e. The van der Waals surface area contributed by atoms with Crippen molar-refractivity contribution in [2.75, 3.05) is 13.7 Å². The van der Waals surface area contributed by atoms with Crippen LogP contribution in [0.4, 0.5) is 0 Å². The van der Waals surface area contributed by atoms with E-state index in [-0.39, 0.29) is 11.5 Å². The van der Waals surface area contributed by atoms with Gasteiger partial charge in [-0.15, -0.1) is 0 Å². The normalized spacial score (nSPS) is 10.8. The molecule has 0 aliphatic heterocycles. The zero-order valence-electron chi connectivity index (χ0n) is 12.7. The summed E-state index contributed by atoms with van der Waals surface area (Å²) in [7, 11) is 1.59. The molecule has 0 spiro atoms. The molecule has 0 aromatic heterocycles. The SMILES string of the molecule is CCCCCCNC(=O)/C(C#N)=C/c1ccc(OC)cc1. The number of hydrogen-bond donors (Lipinski definition) is 1. The van der Waals surface area contributed by atoms with Crippen LogP contribution in [-0.2, 0) is 4.79 Å². The largest absolute Gasteiger partial charge is 0.497 e. The summed E-state index contributed by atoms with van der Waals surface area (Å²) in [5, 5.41) is 11.9. The van der Waals surface area contributed by atoms with Crippen molar-refractivity contribution in [3.8, 4) is 11.8 Å². The first-order valence-corrected chi connectivity index (χ1v) is 7.25. The lowest BCUT2D eigenvalue weighted by molar-refractivity contribution is -0.117. The van der Waals surface area contributed by atoms with Crippen LogP contribution in [0, 0.1) is 11.3 Å². The molecule has 4 heteroatoms. The third kappa shape index (κ3) is 6.13. The first-order valence-electron chi connectivity index (χ1n) is 7.25. The number of ether oxygens (including phenoxy) is 1. The minimum atomic E-state index is -0.315. The zero-order chi connectivity index (χ0) is 15.5. The fourth-order valence-corrected chi connectivity index (χ4v) is 1.86. The number of hydrogen-bond acceptors (Lipinski definition) is 3. The van der Waals surface area contributed by atoms with E-state index in [1.54, 1.807) is 25.3 Å². The van der Waals surface area contributed by atoms with Crippen LogP contribution >= 0.6 is 0 Å². The number of amides is 1. The third-order valence-electron chi connectivity index (χ3n) is 3.11. The van der Waals surface area contributed by atoms with Crippen LogP contribution in [0.5, 0.6) is 5.75 Å². The molecule has 0 radical (unpaired) electrons. The van der Waals surface area contributed by atoms with Gasteiger partial charge in [-0.3, -0.25) is 4.79 Å². The molecule has 112 valence electrons. The summed E-state index contributed by atoms with van der Waals surface area (Å²) in [5.74, 6) is 0.427. The Morgan fingerprint density at radius 2 is 2.00 bits per heavy atom. The number of rotatable bonds is 8. The van der Waals surface area contributed by atoms with Crippen LogP contribution in [0.15, 0.2) is 29.8 Å². The van der Waals surface area contributed by atoms with Crippen molar-refractivity contribution in [3.63, 3.8) is 0 Å². The lowest BCUT2D eigenvalue weighted by atomic mass is 10.1. The van der Waals surface area contributed by atoms with E-state index in [0.717, 1.165) is 30.6 Å². The highest BCUT2D eigenvalue weighted by molar-refractivity contribution is 6.01. The van der Waals surface area contributed by atoms with Gasteiger partial charge in [0, 0.05) is 6.54 Å². The summed E-state index contributed by atoms with van der Waals surface area (Å²) in [4.78, 5) is 11.9. The molecule has 0 heterocycles. The molecule has 1 amide bonds. The van der Waals surface area contributed by atoms with E-state index >= 15 is 0 Å². The van der Waals surface area contributed by atoms with Gasteiger partial charge in [0.1, 0.15) is 17.4 Å². The Morgan fingerprint density at radius 3 is 2.57 bits per heavy atom. The molecule has 0 aliphatic carbocycles. The van der Waals surface area contributed by atoms with E-state index in [1.807, 2.05) is 18.2 Å². The van der Waals surface area contributed by atoms with E-state index in [4.69, 9.17) is 10.00 Å². The second-order valence-corrected chi connectivity index (χ2v) is 4.76. The summed E-state index contributed by atoms with van der Waals surface area (Å²) in [6.45, 7) is 2.75. The molecular formula is C17H22N2O2. The van der Waals surface area contributed by atoms with E-state index in [9.17, 15) is 4.79 Å². The summed E-state index contributed by atoms with van der Waals surface area (Å²) >= 11 is 0. The minimum absolute atomic E-state index is 0.121. The maximum atomic E-state index is 11.9. The molecule has 0 saturated heterocycles. The topological polar surface area (TPSA) is 62.1 Å². The quantitative estimate of drug-likeness (QED) is 0.453. The molecule has 0 bridgehead atoms. The van der Waals surface area contributed by atoms with Crippen LogP contribution < -0.4 is 10.1 Å². The molecule has 1 N–H and O–H groups in total. The minimum Gasteiger partial charge on any atom is -0.497 e. The Kier molecular flexibility index (Phi) is 7.67. The molecule has 1 aromatic carbocycles. The van der Waals surface area contributed by atoms with Gasteiger partial charge in [0.25, 0.3) is 5.91 Å². The number of nitrogens with zero attached hydrogens (tertiary/aromatic N) is 1. The van der Waals surface area contributed by atoms with Crippen LogP contribution in [0.3, 0.4) is 0 Å². The number of nitriles is 1. The molecule has 0 atom stereocenters. The number of nitrogens with one attached hydrogen (secondary N) is 1. The van der Waals surface area contributed by atoms with Gasteiger partial charge < -0.3 is 10.1 Å². The molecule has 0 fully saturated rings. The number of carbonyl (C=O) groups is 1. The zero-order valence-corrected chi connectivity index (χ0v) is 12.7. The summed E-state index contributed by atoms with van der Waals surface area (Å²) in [6.07, 6.45) is 5.96. The highest BCUT2D eigenvalue weighted by Gasteiger charge is 2.08. The van der Waals surface area contributed by atoms with Crippen molar-refractivity contribution in [2.45, 2.75) is 32.6 Å². The Hall–Kier alpha value is -2.28. The first-order chi connectivity index (χ1) is 10.2. The Labute approximate surface area is 126 Å². The second-order valence-electron chi connectivity index (χ2n) is 4.76. The van der Waals surface area contributed by atoms with Crippen molar-refractivity contribution in [2.24, 2.45) is 0 Å². The molecule has 21 heavy (non-hydrogen) atoms. The van der Waals surface area contributed by atoms with Crippen LogP contribution in [0.1, 0.15) is 38.2 Å². The molecule has 1 aromatic rings. The fourth-order valence-electron chi connectivity index (χ4n) is 1.86. The highest BCUT2D eigenvalue weighted by Crippen LogP contribution is 2.14. The predicted molar refractivity (Wildman–Crippen MR) is 83.7 cm³/mol. The molecule has 1 rings (SSSR count). The average Bonchev–Trinajstić information content (AvgIpc) is 2.52. The average molecular weight is 286 g/mol. The van der Waals surface area contributed by atoms with Gasteiger partial charge in [0.05, 0.1) is 7.11 Å². The van der Waals surface area contributed by atoms with Gasteiger partial charge in [0.2, 0.25) is 0 Å². The monoisotopic (exact) mass is 286 g/mol. The van der Waals surface area contributed by atoms with Crippen LogP contribution in [0.25, 0.3) is 6.08 Å². The number of unbranched alkanes of at least 4 members (excludes halogenated alkanes) is 3. The Morgan fingerprint density at radius 1 is 1.29 bits per heavy atom. The number of carbonyl (C=O) groups excluding carboxylic acids is 1. The van der Waals surface area contributed by atoms with Gasteiger partial charge in [0.15, 0.2) is 0 Å². The van der Waals surface area contributed by atoms with Gasteiger partial charge >= 0.3 is 0 Å². The lowest BCUT2D eigenvalue weighted by Gasteiger charge is -2.04. The van der Waals surface area contributed by atoms with Crippen molar-refractivity contribution in [3.05, 3.63) is 35.4 Å². The van der Waals surface area contributed by atoms with Gasteiger partial charge in [-0.25, -0.2) is 0 Å². The van der Waals surface area contributed by atoms with Crippen LogP contribution in [0.2, 0.25) is 0 Å². The lowest BCUT2D eigenvalue weighted by Crippen LogP contribution is -2.25. The second kappa shape index (κ2) is 9.60. The van der Waals surface area contributed by atoms with Crippen LogP contribution in [-0.4, -0.2) is 19.6 Å². The summed E-state index contributed by atoms with van der Waals surface area (Å²) < 4.78 is 5.07. The third-order valence-corrected chi connectivity index (χ3v) is 3.11. The Balaban J connectivity index is 2.57. The smallest absolute Gasteiger partial charge is 0.261 e. The summed E-state index contributed by atoms with van der Waals surface area (Å²) in [5.41, 5.74) is 0.921. The van der Waals surface area contributed by atoms with Gasteiger partial charge in [-0.1, -0.05) is 38.3 Å². The van der Waals surface area contributed by atoms with Gasteiger partial charge in [-0.2, -0.15) is 5.26 Å². The molecular weight excluding hydrogens is 264 g/mol. The number of methoxy groups -OCH3 is 1. The highest BCUT2D eigenvalue weighted by atomic mass is 16.5. The molecule has 0 saturated carbocycles. The van der Waals surface area contributed by atoms with E-state index in [2.05, 4.69) is 12.2 Å². The Bertz CT molecular complexity index is 513. The predicted octanol–water partition coefficient (Wildman–Crippen LogP) is 3.30. The van der Waals surface area contributed by atoms with E-state index in [0.29, 0.717) is 6.54 Å². The van der Waals surface area contributed by atoms with E-state index in [1.165, 1.54) is 6.42 Å². The summed E-state index contributed by atoms with van der Waals surface area (Å²) in [6, 6.07) is 9.16. The fraction of sp³-hybridized carbons (Fsp3) is 0.412. The standard InChI is InChI=1S/C17H22N2O2/c1-3-4-5-6-11-19-17(20)15(13-18)12-14-7-9-16(21-2)10-8-14/h7-10,12H,3-6,11H2,1-2H3,(H,19,20)/b15-12+. The molecule has 0 aliphatic rings. The van der Waals surface area contributed by atoms with E-state index < -0.39 is 0 Å². The molecule has 4 nitrogen and oxygen atoms in total. The number of benzene rings is 1. The van der Waals surface area contributed by atoms with Gasteiger partial charge in [-0.05, 0) is 30.2 Å². The van der Waals surface area contributed by atoms with Crippen molar-refractivity contribution < 1.29 is 9.53 Å². The van der Waals surface area contributed by atoms with Crippen molar-refractivity contribution >= 4 is 12.0 Å².